The number of benzene rings is 2. The van der Waals surface area contributed by atoms with E-state index in [2.05, 4.69) is 27.9 Å². The summed E-state index contributed by atoms with van der Waals surface area (Å²) >= 11 is 2.21. The topological polar surface area (TPSA) is 66.5 Å². The van der Waals surface area contributed by atoms with Gasteiger partial charge < -0.3 is 5.32 Å². The third-order valence-electron chi connectivity index (χ3n) is 4.04. The summed E-state index contributed by atoms with van der Waals surface area (Å²) in [5.74, 6) is -0.0638. The Bertz CT molecular complexity index is 830. The first-order valence-corrected chi connectivity index (χ1v) is 11.0. The number of carbonyl (C=O) groups is 1. The molecular formula is C19H23IN2O3S. The van der Waals surface area contributed by atoms with Crippen molar-refractivity contribution in [1.29, 1.82) is 0 Å². The fourth-order valence-electron chi connectivity index (χ4n) is 2.56. The second-order valence-corrected chi connectivity index (χ2v) is 8.97. The van der Waals surface area contributed by atoms with Crippen molar-refractivity contribution in [2.75, 3.05) is 18.4 Å². The summed E-state index contributed by atoms with van der Waals surface area (Å²) in [5.41, 5.74) is 1.71. The predicted molar refractivity (Wildman–Crippen MR) is 113 cm³/mol. The van der Waals surface area contributed by atoms with Crippen LogP contribution in [0, 0.1) is 3.57 Å². The molecule has 0 fully saturated rings. The van der Waals surface area contributed by atoms with Crippen LogP contribution in [0.2, 0.25) is 0 Å². The highest BCUT2D eigenvalue weighted by atomic mass is 127. The smallest absolute Gasteiger partial charge is 0.243 e. The Hall–Kier alpha value is -1.45. The Labute approximate surface area is 169 Å². The molecule has 0 aliphatic carbocycles. The average molecular weight is 486 g/mol. The van der Waals surface area contributed by atoms with Crippen LogP contribution in [0.1, 0.15) is 25.8 Å². The van der Waals surface area contributed by atoms with E-state index in [4.69, 9.17) is 0 Å². The average Bonchev–Trinajstić information content (AvgIpc) is 2.63. The lowest BCUT2D eigenvalue weighted by molar-refractivity contribution is -0.116. The molecule has 7 heteroatoms. The van der Waals surface area contributed by atoms with Crippen LogP contribution in [0.4, 0.5) is 5.69 Å². The molecular weight excluding hydrogens is 463 g/mol. The van der Waals surface area contributed by atoms with Crippen LogP contribution >= 0.6 is 22.6 Å². The van der Waals surface area contributed by atoms with Gasteiger partial charge in [-0.25, -0.2) is 8.42 Å². The molecule has 0 atom stereocenters. The van der Waals surface area contributed by atoms with Gasteiger partial charge in [0, 0.05) is 28.8 Å². The number of aryl methyl sites for hydroxylation is 1. The van der Waals surface area contributed by atoms with Crippen LogP contribution in [0.25, 0.3) is 0 Å². The minimum Gasteiger partial charge on any atom is -0.326 e. The first-order valence-electron chi connectivity index (χ1n) is 8.51. The molecule has 1 amide bonds. The quantitative estimate of drug-likeness (QED) is 0.576. The summed E-state index contributed by atoms with van der Waals surface area (Å²) < 4.78 is 27.5. The lowest BCUT2D eigenvalue weighted by Gasteiger charge is -2.18. The number of carbonyl (C=O) groups excluding carboxylic acids is 1. The summed E-state index contributed by atoms with van der Waals surface area (Å²) in [6.07, 6.45) is 0.899. The largest absolute Gasteiger partial charge is 0.326 e. The van der Waals surface area contributed by atoms with E-state index >= 15 is 0 Å². The van der Waals surface area contributed by atoms with Crippen LogP contribution in [-0.4, -0.2) is 31.7 Å². The molecule has 5 nitrogen and oxygen atoms in total. The Morgan fingerprint density at radius 1 is 1.00 bits per heavy atom. The fraction of sp³-hybridized carbons (Fsp3) is 0.316. The maximum absolute atomic E-state index is 12.5. The van der Waals surface area contributed by atoms with Crippen molar-refractivity contribution in [3.05, 3.63) is 57.7 Å². The first kappa shape index (κ1) is 20.9. The molecule has 0 aliphatic rings. The highest BCUT2D eigenvalue weighted by Crippen LogP contribution is 2.17. The second-order valence-electron chi connectivity index (χ2n) is 5.79. The molecule has 0 saturated heterocycles. The lowest BCUT2D eigenvalue weighted by Crippen LogP contribution is -2.30. The van der Waals surface area contributed by atoms with E-state index in [-0.39, 0.29) is 10.8 Å². The zero-order valence-corrected chi connectivity index (χ0v) is 17.9. The van der Waals surface area contributed by atoms with Gasteiger partial charge in [0.05, 0.1) is 4.90 Å². The van der Waals surface area contributed by atoms with Crippen LogP contribution in [0.5, 0.6) is 0 Å². The van der Waals surface area contributed by atoms with Crippen molar-refractivity contribution in [1.82, 2.24) is 4.31 Å². The standard InChI is InChI=1S/C19H23IN2O3S/c1-3-22(4-2)26(24,25)18-12-5-15(6-13-18)7-14-19(23)21-17-10-8-16(20)9-11-17/h5-6,8-13H,3-4,7,14H2,1-2H3,(H,21,23). The summed E-state index contributed by atoms with van der Waals surface area (Å²) in [4.78, 5) is 12.3. The summed E-state index contributed by atoms with van der Waals surface area (Å²) in [6, 6.07) is 14.4. The third-order valence-corrected chi connectivity index (χ3v) is 6.82. The lowest BCUT2D eigenvalue weighted by atomic mass is 10.1. The minimum absolute atomic E-state index is 0.0638. The number of hydrogen-bond donors (Lipinski definition) is 1. The highest BCUT2D eigenvalue weighted by molar-refractivity contribution is 14.1. The molecule has 140 valence electrons. The second kappa shape index (κ2) is 9.48. The number of nitrogens with one attached hydrogen (secondary N) is 1. The molecule has 0 aromatic heterocycles. The highest BCUT2D eigenvalue weighted by Gasteiger charge is 2.21. The number of anilines is 1. The van der Waals surface area contributed by atoms with E-state index in [1.54, 1.807) is 24.3 Å². The van der Waals surface area contributed by atoms with E-state index < -0.39 is 10.0 Å². The van der Waals surface area contributed by atoms with Gasteiger partial charge >= 0.3 is 0 Å². The van der Waals surface area contributed by atoms with Gasteiger partial charge in [0.15, 0.2) is 0 Å². The molecule has 0 radical (unpaired) electrons. The van der Waals surface area contributed by atoms with E-state index in [1.807, 2.05) is 38.1 Å². The summed E-state index contributed by atoms with van der Waals surface area (Å²) in [7, 11) is -3.44. The number of nitrogens with zero attached hydrogens (tertiary/aromatic N) is 1. The number of halogens is 1. The Morgan fingerprint density at radius 3 is 2.12 bits per heavy atom. The monoisotopic (exact) mass is 486 g/mol. The van der Waals surface area contributed by atoms with Crippen LogP contribution < -0.4 is 5.32 Å². The molecule has 0 bridgehead atoms. The first-order chi connectivity index (χ1) is 12.4. The molecule has 2 aromatic carbocycles. The van der Waals surface area contributed by atoms with Crippen molar-refractivity contribution < 1.29 is 13.2 Å². The molecule has 2 aromatic rings. The Morgan fingerprint density at radius 2 is 1.58 bits per heavy atom. The van der Waals surface area contributed by atoms with E-state index in [0.717, 1.165) is 14.8 Å². The van der Waals surface area contributed by atoms with Crippen molar-refractivity contribution in [3.63, 3.8) is 0 Å². The SMILES string of the molecule is CCN(CC)S(=O)(=O)c1ccc(CCC(=O)Nc2ccc(I)cc2)cc1. The summed E-state index contributed by atoms with van der Waals surface area (Å²) in [6.45, 7) is 4.53. The normalized spacial score (nSPS) is 11.5. The van der Waals surface area contributed by atoms with Crippen LogP contribution in [0.3, 0.4) is 0 Å². The van der Waals surface area contributed by atoms with Crippen molar-refractivity contribution in [2.24, 2.45) is 0 Å². The molecule has 0 aliphatic heterocycles. The van der Waals surface area contributed by atoms with Gasteiger partial charge in [0.1, 0.15) is 0 Å². The van der Waals surface area contributed by atoms with Crippen molar-refractivity contribution in [2.45, 2.75) is 31.6 Å². The van der Waals surface area contributed by atoms with Crippen LogP contribution in [0.15, 0.2) is 53.4 Å². The van der Waals surface area contributed by atoms with Crippen molar-refractivity contribution >= 4 is 44.2 Å². The number of hydrogen-bond acceptors (Lipinski definition) is 3. The minimum atomic E-state index is -3.44. The maximum Gasteiger partial charge on any atom is 0.243 e. The molecule has 1 N–H and O–H groups in total. The van der Waals surface area contributed by atoms with Gasteiger partial charge in [-0.1, -0.05) is 26.0 Å². The van der Waals surface area contributed by atoms with Gasteiger partial charge in [-0.15, -0.1) is 0 Å². The fourth-order valence-corrected chi connectivity index (χ4v) is 4.37. The molecule has 2 rings (SSSR count). The summed E-state index contributed by atoms with van der Waals surface area (Å²) in [5, 5.41) is 2.86. The van der Waals surface area contributed by atoms with Gasteiger partial charge in [-0.3, -0.25) is 4.79 Å². The number of sulfonamides is 1. The molecule has 0 saturated carbocycles. The van der Waals surface area contributed by atoms with Gasteiger partial charge in [-0.05, 0) is 71.0 Å². The van der Waals surface area contributed by atoms with E-state index in [1.165, 1.54) is 4.31 Å². The Kier molecular flexibility index (Phi) is 7.60. The molecule has 0 unspecified atom stereocenters. The Balaban J connectivity index is 1.94. The molecule has 0 heterocycles. The van der Waals surface area contributed by atoms with Gasteiger partial charge in [0.25, 0.3) is 0 Å². The third kappa shape index (κ3) is 5.52. The van der Waals surface area contributed by atoms with Crippen molar-refractivity contribution in [3.8, 4) is 0 Å². The van der Waals surface area contributed by atoms with Gasteiger partial charge in [-0.2, -0.15) is 4.31 Å². The van der Waals surface area contributed by atoms with Gasteiger partial charge in [0.2, 0.25) is 15.9 Å². The number of amides is 1. The van der Waals surface area contributed by atoms with Crippen LogP contribution in [-0.2, 0) is 21.2 Å². The van der Waals surface area contributed by atoms with E-state index in [9.17, 15) is 13.2 Å². The maximum atomic E-state index is 12.5. The zero-order chi connectivity index (χ0) is 19.2. The number of rotatable bonds is 8. The predicted octanol–water partition coefficient (Wildman–Crippen LogP) is 3.89. The molecule has 26 heavy (non-hydrogen) atoms. The van der Waals surface area contributed by atoms with E-state index in [0.29, 0.717) is 25.9 Å². The molecule has 0 spiro atoms. The zero-order valence-electron chi connectivity index (χ0n) is 14.9.